The quantitative estimate of drug-likeness (QED) is 0.696. The molecular weight excluding hydrogens is 204 g/mol. The summed E-state index contributed by atoms with van der Waals surface area (Å²) in [5, 5.41) is 20.4. The lowest BCUT2D eigenvalue weighted by Crippen LogP contribution is -2.29. The Morgan fingerprint density at radius 3 is 2.73 bits per heavy atom. The first kappa shape index (κ1) is 11.2. The van der Waals surface area contributed by atoms with Gasteiger partial charge in [0.15, 0.2) is 5.69 Å². The molecule has 0 saturated carbocycles. The van der Waals surface area contributed by atoms with Gasteiger partial charge in [0.1, 0.15) is 0 Å². The van der Waals surface area contributed by atoms with E-state index in [2.05, 4.69) is 9.68 Å². The molecule has 7 nitrogen and oxygen atoms in total. The molecule has 1 amide bonds. The Morgan fingerprint density at radius 2 is 2.27 bits per heavy atom. The van der Waals surface area contributed by atoms with Crippen molar-refractivity contribution in [2.45, 2.75) is 0 Å². The van der Waals surface area contributed by atoms with E-state index in [1.165, 1.54) is 11.9 Å². The average Bonchev–Trinajstić information content (AvgIpc) is 2.65. The van der Waals surface area contributed by atoms with E-state index >= 15 is 0 Å². The molecule has 0 unspecified atom stereocenters. The van der Waals surface area contributed by atoms with Crippen molar-refractivity contribution in [2.75, 3.05) is 20.2 Å². The molecule has 0 spiro atoms. The number of aliphatic hydroxyl groups is 1. The molecule has 0 aliphatic carbocycles. The van der Waals surface area contributed by atoms with Gasteiger partial charge in [0, 0.05) is 19.7 Å². The first-order valence-corrected chi connectivity index (χ1v) is 4.12. The number of carboxylic acids is 1. The zero-order valence-corrected chi connectivity index (χ0v) is 8.01. The average molecular weight is 214 g/mol. The Morgan fingerprint density at radius 1 is 1.60 bits per heavy atom. The summed E-state index contributed by atoms with van der Waals surface area (Å²) < 4.78 is 4.42. The maximum atomic E-state index is 11.5. The van der Waals surface area contributed by atoms with Crippen LogP contribution in [0, 0.1) is 0 Å². The number of amides is 1. The predicted octanol–water partition coefficient (Wildman–Crippen LogP) is -0.563. The van der Waals surface area contributed by atoms with Gasteiger partial charge in [-0.05, 0) is 0 Å². The topological polar surface area (TPSA) is 104 Å². The van der Waals surface area contributed by atoms with Crippen molar-refractivity contribution in [3.8, 4) is 0 Å². The van der Waals surface area contributed by atoms with Gasteiger partial charge in [0.25, 0.3) is 5.91 Å². The van der Waals surface area contributed by atoms with Gasteiger partial charge in [0.05, 0.1) is 6.61 Å². The van der Waals surface area contributed by atoms with E-state index in [1.807, 2.05) is 0 Å². The molecule has 15 heavy (non-hydrogen) atoms. The SMILES string of the molecule is CN(CCO)C(=O)c1cc(C(=O)O)on1. The lowest BCUT2D eigenvalue weighted by atomic mass is 10.3. The Hall–Kier alpha value is -1.89. The number of carbonyl (C=O) groups is 2. The number of carbonyl (C=O) groups excluding carboxylic acids is 1. The second-order valence-electron chi connectivity index (χ2n) is 2.83. The first-order valence-electron chi connectivity index (χ1n) is 4.12. The van der Waals surface area contributed by atoms with Crippen LogP contribution in [-0.2, 0) is 0 Å². The maximum absolute atomic E-state index is 11.5. The van der Waals surface area contributed by atoms with Crippen LogP contribution in [0.5, 0.6) is 0 Å². The normalized spacial score (nSPS) is 10.0. The molecule has 82 valence electrons. The molecule has 2 N–H and O–H groups in total. The molecule has 1 rings (SSSR count). The van der Waals surface area contributed by atoms with E-state index in [1.54, 1.807) is 0 Å². The van der Waals surface area contributed by atoms with Crippen LogP contribution in [0.25, 0.3) is 0 Å². The molecular formula is C8H10N2O5. The van der Waals surface area contributed by atoms with Crippen LogP contribution >= 0.6 is 0 Å². The standard InChI is InChI=1S/C8H10N2O5/c1-10(2-3-11)7(12)5-4-6(8(13)14)15-9-5/h4,11H,2-3H2,1H3,(H,13,14). The van der Waals surface area contributed by atoms with E-state index in [4.69, 9.17) is 10.2 Å². The molecule has 1 aromatic heterocycles. The smallest absolute Gasteiger partial charge is 0.374 e. The maximum Gasteiger partial charge on any atom is 0.374 e. The second kappa shape index (κ2) is 4.56. The summed E-state index contributed by atoms with van der Waals surface area (Å²) in [4.78, 5) is 23.1. The van der Waals surface area contributed by atoms with Gasteiger partial charge in [-0.25, -0.2) is 4.79 Å². The number of aromatic carboxylic acids is 1. The summed E-state index contributed by atoms with van der Waals surface area (Å²) in [6.45, 7) is -0.0278. The predicted molar refractivity (Wildman–Crippen MR) is 47.5 cm³/mol. The van der Waals surface area contributed by atoms with Gasteiger partial charge < -0.3 is 19.6 Å². The van der Waals surface area contributed by atoms with Crippen molar-refractivity contribution < 1.29 is 24.3 Å². The minimum Gasteiger partial charge on any atom is -0.475 e. The molecule has 7 heteroatoms. The number of rotatable bonds is 4. The summed E-state index contributed by atoms with van der Waals surface area (Å²) in [6, 6.07) is 1.04. The lowest BCUT2D eigenvalue weighted by Gasteiger charge is -2.12. The van der Waals surface area contributed by atoms with Crippen LogP contribution in [0.3, 0.4) is 0 Å². The molecule has 1 aromatic rings. The van der Waals surface area contributed by atoms with Crippen LogP contribution in [0.4, 0.5) is 0 Å². The fraction of sp³-hybridized carbons (Fsp3) is 0.375. The van der Waals surface area contributed by atoms with Gasteiger partial charge >= 0.3 is 5.97 Å². The highest BCUT2D eigenvalue weighted by atomic mass is 16.5. The summed E-state index contributed by atoms with van der Waals surface area (Å²) in [5.74, 6) is -2.18. The summed E-state index contributed by atoms with van der Waals surface area (Å²) in [7, 11) is 1.47. The minimum absolute atomic E-state index is 0.0941. The highest BCUT2D eigenvalue weighted by Crippen LogP contribution is 2.05. The largest absolute Gasteiger partial charge is 0.475 e. The van der Waals surface area contributed by atoms with Gasteiger partial charge in [-0.1, -0.05) is 5.16 Å². The molecule has 0 aliphatic rings. The minimum atomic E-state index is -1.29. The van der Waals surface area contributed by atoms with Gasteiger partial charge in [-0.15, -0.1) is 0 Å². The summed E-state index contributed by atoms with van der Waals surface area (Å²) >= 11 is 0. The van der Waals surface area contributed by atoms with Gasteiger partial charge in [-0.2, -0.15) is 0 Å². The lowest BCUT2D eigenvalue weighted by molar-refractivity contribution is 0.0649. The van der Waals surface area contributed by atoms with Gasteiger partial charge in [0.2, 0.25) is 5.76 Å². The van der Waals surface area contributed by atoms with Crippen LogP contribution in [0.2, 0.25) is 0 Å². The molecule has 0 atom stereocenters. The van der Waals surface area contributed by atoms with Crippen molar-refractivity contribution >= 4 is 11.9 Å². The third kappa shape index (κ3) is 2.53. The number of aliphatic hydroxyl groups excluding tert-OH is 1. The molecule has 0 aliphatic heterocycles. The number of hydrogen-bond donors (Lipinski definition) is 2. The van der Waals surface area contributed by atoms with Crippen molar-refractivity contribution in [1.29, 1.82) is 0 Å². The van der Waals surface area contributed by atoms with Crippen LogP contribution in [0.15, 0.2) is 10.6 Å². The summed E-state index contributed by atoms with van der Waals surface area (Å²) in [5.41, 5.74) is -0.0941. The number of hydrogen-bond acceptors (Lipinski definition) is 5. The van der Waals surface area contributed by atoms with Crippen molar-refractivity contribution in [1.82, 2.24) is 10.1 Å². The van der Waals surface area contributed by atoms with E-state index < -0.39 is 17.6 Å². The number of aromatic nitrogens is 1. The molecule has 0 fully saturated rings. The monoisotopic (exact) mass is 214 g/mol. The highest BCUT2D eigenvalue weighted by Gasteiger charge is 2.19. The van der Waals surface area contributed by atoms with E-state index in [0.717, 1.165) is 6.07 Å². The van der Waals surface area contributed by atoms with Gasteiger partial charge in [-0.3, -0.25) is 4.79 Å². The van der Waals surface area contributed by atoms with E-state index in [-0.39, 0.29) is 18.8 Å². The summed E-state index contributed by atoms with van der Waals surface area (Å²) in [6.07, 6.45) is 0. The third-order valence-corrected chi connectivity index (χ3v) is 1.72. The van der Waals surface area contributed by atoms with Crippen molar-refractivity contribution in [3.05, 3.63) is 17.5 Å². The highest BCUT2D eigenvalue weighted by molar-refractivity contribution is 5.94. The Labute approximate surface area is 84.9 Å². The van der Waals surface area contributed by atoms with Crippen molar-refractivity contribution in [2.24, 2.45) is 0 Å². The number of carboxylic acid groups (broad SMARTS) is 1. The zero-order valence-electron chi connectivity index (χ0n) is 8.01. The molecule has 0 bridgehead atoms. The van der Waals surface area contributed by atoms with Crippen LogP contribution in [0.1, 0.15) is 21.0 Å². The Kier molecular flexibility index (Phi) is 3.40. The molecule has 0 aromatic carbocycles. The molecule has 0 radical (unpaired) electrons. The van der Waals surface area contributed by atoms with Crippen LogP contribution in [-0.4, -0.2) is 52.3 Å². The first-order chi connectivity index (χ1) is 7.06. The van der Waals surface area contributed by atoms with E-state index in [9.17, 15) is 9.59 Å². The fourth-order valence-electron chi connectivity index (χ4n) is 0.924. The Bertz CT molecular complexity index is 373. The second-order valence-corrected chi connectivity index (χ2v) is 2.83. The Balaban J connectivity index is 2.78. The molecule has 0 saturated heterocycles. The molecule has 1 heterocycles. The fourth-order valence-corrected chi connectivity index (χ4v) is 0.924. The number of nitrogens with zero attached hydrogens (tertiary/aromatic N) is 2. The van der Waals surface area contributed by atoms with Crippen LogP contribution < -0.4 is 0 Å². The number of likely N-dealkylation sites (N-methyl/N-ethyl adjacent to an activating group) is 1. The zero-order chi connectivity index (χ0) is 11.4. The van der Waals surface area contributed by atoms with Crippen molar-refractivity contribution in [3.63, 3.8) is 0 Å². The third-order valence-electron chi connectivity index (χ3n) is 1.72. The van der Waals surface area contributed by atoms with E-state index in [0.29, 0.717) is 0 Å².